The fraction of sp³-hybridized carbons (Fsp3) is 0.241. The van der Waals surface area contributed by atoms with Crippen LogP contribution >= 0.6 is 27.5 Å². The fourth-order valence-corrected chi connectivity index (χ4v) is 4.53. The van der Waals surface area contributed by atoms with Gasteiger partial charge in [0.15, 0.2) is 18.1 Å². The third kappa shape index (κ3) is 6.49. The number of anilines is 1. The molecule has 3 aromatic carbocycles. The van der Waals surface area contributed by atoms with Gasteiger partial charge in [-0.2, -0.15) is 9.78 Å². The molecule has 1 amide bonds. The van der Waals surface area contributed by atoms with E-state index >= 15 is 0 Å². The van der Waals surface area contributed by atoms with E-state index in [4.69, 9.17) is 26.1 Å². The average Bonchev–Trinajstić information content (AvgIpc) is 2.92. The molecular formula is C29H28BrClN4O4. The molecule has 10 heteroatoms. The summed E-state index contributed by atoms with van der Waals surface area (Å²) >= 11 is 9.93. The van der Waals surface area contributed by atoms with Crippen LogP contribution in [0.15, 0.2) is 69.0 Å². The molecule has 4 rings (SSSR count). The number of aryl methyl sites for hydroxylation is 1. The fourth-order valence-electron chi connectivity index (χ4n) is 3.90. The van der Waals surface area contributed by atoms with Crippen LogP contribution in [0.2, 0.25) is 5.02 Å². The number of carbonyl (C=O) groups is 1. The highest BCUT2D eigenvalue weighted by Crippen LogP contribution is 2.36. The molecular weight excluding hydrogens is 584 g/mol. The van der Waals surface area contributed by atoms with Gasteiger partial charge < -0.3 is 14.8 Å². The summed E-state index contributed by atoms with van der Waals surface area (Å²) in [5.41, 5.74) is 2.56. The van der Waals surface area contributed by atoms with Gasteiger partial charge in [0, 0.05) is 16.1 Å². The minimum Gasteiger partial charge on any atom is -0.493 e. The third-order valence-corrected chi connectivity index (χ3v) is 7.00. The summed E-state index contributed by atoms with van der Waals surface area (Å²) in [5, 5.41) is 7.99. The number of nitrogens with zero attached hydrogens (tertiary/aromatic N) is 3. The topological polar surface area (TPSA) is 94.8 Å². The number of nitrogens with one attached hydrogen (secondary N) is 1. The van der Waals surface area contributed by atoms with E-state index in [0.29, 0.717) is 33.7 Å². The van der Waals surface area contributed by atoms with Crippen molar-refractivity contribution in [2.75, 3.05) is 19.0 Å². The Hall–Kier alpha value is -3.69. The number of hydrogen-bond acceptors (Lipinski definition) is 6. The Kier molecular flexibility index (Phi) is 9.04. The van der Waals surface area contributed by atoms with E-state index in [-0.39, 0.29) is 34.8 Å². The molecule has 0 saturated carbocycles. The number of halogens is 2. The Morgan fingerprint density at radius 3 is 2.72 bits per heavy atom. The maximum Gasteiger partial charge on any atom is 0.282 e. The lowest BCUT2D eigenvalue weighted by atomic mass is 10.1. The zero-order valence-corrected chi connectivity index (χ0v) is 24.3. The second-order valence-corrected chi connectivity index (χ2v) is 10.3. The Labute approximate surface area is 239 Å². The smallest absolute Gasteiger partial charge is 0.282 e. The number of rotatable bonds is 9. The molecule has 1 atom stereocenters. The number of aromatic nitrogens is 2. The van der Waals surface area contributed by atoms with Crippen LogP contribution in [0.25, 0.3) is 10.9 Å². The molecule has 0 aliphatic rings. The van der Waals surface area contributed by atoms with Gasteiger partial charge in [0.2, 0.25) is 0 Å². The van der Waals surface area contributed by atoms with Gasteiger partial charge in [0.05, 0.1) is 29.2 Å². The number of amides is 1. The van der Waals surface area contributed by atoms with Gasteiger partial charge in [-0.25, -0.2) is 4.98 Å². The van der Waals surface area contributed by atoms with E-state index in [2.05, 4.69) is 26.3 Å². The molecule has 0 aliphatic carbocycles. The van der Waals surface area contributed by atoms with Crippen molar-refractivity contribution in [1.82, 2.24) is 9.66 Å². The predicted molar refractivity (Wildman–Crippen MR) is 159 cm³/mol. The zero-order valence-electron chi connectivity index (χ0n) is 22.0. The van der Waals surface area contributed by atoms with Crippen LogP contribution in [0, 0.1) is 6.92 Å². The minimum atomic E-state index is -0.333. The standard InChI is InChI=1S/C29H28BrClN4O4/c1-5-17(2)28-34-24-11-10-20(30)14-21(24)29(37)35(28)32-15-19-12-22(31)27(25(13-19)38-4)39-16-26(36)33-23-9-7-6-8-18(23)3/h6-15,17H,5,16H2,1-4H3,(H,33,36)/t17-/m0/s1. The van der Waals surface area contributed by atoms with E-state index < -0.39 is 0 Å². The first-order valence-electron chi connectivity index (χ1n) is 12.3. The maximum atomic E-state index is 13.4. The zero-order chi connectivity index (χ0) is 28.1. The second kappa shape index (κ2) is 12.4. The Balaban J connectivity index is 1.61. The number of ether oxygens (including phenoxy) is 2. The van der Waals surface area contributed by atoms with Crippen LogP contribution in [0.5, 0.6) is 11.5 Å². The van der Waals surface area contributed by atoms with Crippen LogP contribution in [0.3, 0.4) is 0 Å². The van der Waals surface area contributed by atoms with Crippen LogP contribution < -0.4 is 20.3 Å². The highest BCUT2D eigenvalue weighted by Gasteiger charge is 2.17. The molecule has 0 bridgehead atoms. The minimum absolute atomic E-state index is 0.00242. The number of benzene rings is 3. The van der Waals surface area contributed by atoms with E-state index in [1.165, 1.54) is 18.0 Å². The van der Waals surface area contributed by atoms with Crippen molar-refractivity contribution in [1.29, 1.82) is 0 Å². The Bertz CT molecular complexity index is 1620. The summed E-state index contributed by atoms with van der Waals surface area (Å²) in [4.78, 5) is 30.5. The van der Waals surface area contributed by atoms with Crippen molar-refractivity contribution in [2.45, 2.75) is 33.1 Å². The van der Waals surface area contributed by atoms with Gasteiger partial charge in [-0.15, -0.1) is 0 Å². The van der Waals surface area contributed by atoms with E-state index in [1.807, 2.05) is 57.2 Å². The van der Waals surface area contributed by atoms with Crippen LogP contribution in [-0.4, -0.2) is 35.5 Å². The number of hydrogen-bond donors (Lipinski definition) is 1. The molecule has 0 fully saturated rings. The van der Waals surface area contributed by atoms with E-state index in [0.717, 1.165) is 16.5 Å². The van der Waals surface area contributed by atoms with Gasteiger partial charge >= 0.3 is 0 Å². The SMILES string of the molecule is CC[C@H](C)c1nc2ccc(Br)cc2c(=O)n1N=Cc1cc(Cl)c(OCC(=O)Nc2ccccc2C)c(OC)c1. The lowest BCUT2D eigenvalue weighted by molar-refractivity contribution is -0.118. The molecule has 39 heavy (non-hydrogen) atoms. The predicted octanol–water partition coefficient (Wildman–Crippen LogP) is 6.54. The number of methoxy groups -OCH3 is 1. The first kappa shape index (κ1) is 28.3. The highest BCUT2D eigenvalue weighted by molar-refractivity contribution is 9.10. The van der Waals surface area contributed by atoms with Crippen molar-refractivity contribution in [3.63, 3.8) is 0 Å². The average molecular weight is 612 g/mol. The molecule has 0 saturated heterocycles. The van der Waals surface area contributed by atoms with Crippen LogP contribution in [-0.2, 0) is 4.79 Å². The number of fused-ring (bicyclic) bond motifs is 1. The Morgan fingerprint density at radius 2 is 2.00 bits per heavy atom. The highest BCUT2D eigenvalue weighted by atomic mass is 79.9. The third-order valence-electron chi connectivity index (χ3n) is 6.23. The molecule has 1 aromatic heterocycles. The van der Waals surface area contributed by atoms with Crippen molar-refractivity contribution in [3.8, 4) is 11.5 Å². The lowest BCUT2D eigenvalue weighted by Gasteiger charge is -2.15. The summed E-state index contributed by atoms with van der Waals surface area (Å²) in [6.45, 7) is 5.68. The molecule has 1 N–H and O–H groups in total. The summed E-state index contributed by atoms with van der Waals surface area (Å²) in [6, 6.07) is 16.2. The summed E-state index contributed by atoms with van der Waals surface area (Å²) < 4.78 is 13.3. The van der Waals surface area contributed by atoms with Gasteiger partial charge in [-0.05, 0) is 60.9 Å². The molecule has 1 heterocycles. The number of para-hydroxylation sites is 1. The lowest BCUT2D eigenvalue weighted by Crippen LogP contribution is -2.23. The van der Waals surface area contributed by atoms with Crippen LogP contribution in [0.4, 0.5) is 5.69 Å². The quantitative estimate of drug-likeness (QED) is 0.217. The maximum absolute atomic E-state index is 13.4. The first-order valence-corrected chi connectivity index (χ1v) is 13.5. The molecule has 0 unspecified atom stereocenters. The van der Waals surface area contributed by atoms with Crippen molar-refractivity contribution in [3.05, 3.63) is 91.4 Å². The van der Waals surface area contributed by atoms with Crippen molar-refractivity contribution < 1.29 is 14.3 Å². The summed E-state index contributed by atoms with van der Waals surface area (Å²) in [5.74, 6) is 0.781. The summed E-state index contributed by atoms with van der Waals surface area (Å²) in [6.07, 6.45) is 2.30. The van der Waals surface area contributed by atoms with Crippen molar-refractivity contribution >= 4 is 56.2 Å². The molecule has 202 valence electrons. The summed E-state index contributed by atoms with van der Waals surface area (Å²) in [7, 11) is 1.48. The number of carbonyl (C=O) groups excluding carboxylic acids is 1. The Morgan fingerprint density at radius 1 is 1.23 bits per heavy atom. The molecule has 4 aromatic rings. The molecule has 8 nitrogen and oxygen atoms in total. The van der Waals surface area contributed by atoms with E-state index in [1.54, 1.807) is 18.2 Å². The van der Waals surface area contributed by atoms with Gasteiger partial charge in [0.25, 0.3) is 11.5 Å². The monoisotopic (exact) mass is 610 g/mol. The second-order valence-electron chi connectivity index (χ2n) is 8.99. The molecule has 0 radical (unpaired) electrons. The molecule has 0 aliphatic heterocycles. The van der Waals surface area contributed by atoms with Crippen molar-refractivity contribution in [2.24, 2.45) is 5.10 Å². The first-order chi connectivity index (χ1) is 18.7. The molecule has 0 spiro atoms. The van der Waals surface area contributed by atoms with Crippen LogP contribution in [0.1, 0.15) is 43.1 Å². The largest absolute Gasteiger partial charge is 0.493 e. The normalized spacial score (nSPS) is 12.1. The van der Waals surface area contributed by atoms with Gasteiger partial charge in [0.1, 0.15) is 5.82 Å². The van der Waals surface area contributed by atoms with Gasteiger partial charge in [-0.3, -0.25) is 9.59 Å². The van der Waals surface area contributed by atoms with Gasteiger partial charge in [-0.1, -0.05) is 59.6 Å². The van der Waals surface area contributed by atoms with E-state index in [9.17, 15) is 9.59 Å².